The highest BCUT2D eigenvalue weighted by Gasteiger charge is 2.51. The highest BCUT2D eigenvalue weighted by atomic mass is 28.3. The Labute approximate surface area is 178 Å². The number of hydrogen-bond acceptors (Lipinski definition) is 1. The molecule has 0 aliphatic heterocycles. The summed E-state index contributed by atoms with van der Waals surface area (Å²) in [4.78, 5) is 10.7. The molecule has 29 heavy (non-hydrogen) atoms. The number of aliphatic carboxylic acids is 1. The summed E-state index contributed by atoms with van der Waals surface area (Å²) in [6.07, 6.45) is 6.82. The van der Waals surface area contributed by atoms with Crippen LogP contribution in [-0.2, 0) is 4.79 Å². The van der Waals surface area contributed by atoms with Gasteiger partial charge in [-0.3, -0.25) is 4.79 Å². The summed E-state index contributed by atoms with van der Waals surface area (Å²) in [5.41, 5.74) is 0.659. The second-order valence-corrected chi connectivity index (χ2v) is 14.3. The molecule has 2 aromatic carbocycles. The Bertz CT molecular complexity index is 695. The molecule has 2 nitrogen and oxygen atoms in total. The molecule has 2 rings (SSSR count). The minimum atomic E-state index is -2.06. The number of benzene rings is 2. The smallest absolute Gasteiger partial charge is 0.303 e. The fourth-order valence-electron chi connectivity index (χ4n) is 5.27. The first kappa shape index (κ1) is 23.4. The molecule has 0 spiro atoms. The molecular weight excluding hydrogens is 372 g/mol. The van der Waals surface area contributed by atoms with Crippen molar-refractivity contribution in [1.29, 1.82) is 0 Å². The molecule has 0 fully saturated rings. The average molecular weight is 411 g/mol. The third kappa shape index (κ3) is 5.60. The summed E-state index contributed by atoms with van der Waals surface area (Å²) in [6.45, 7) is 9.67. The fraction of sp³-hybridized carbons (Fsp3) is 0.500. The minimum absolute atomic E-state index is 0.194. The Morgan fingerprint density at radius 1 is 0.862 bits per heavy atom. The van der Waals surface area contributed by atoms with Gasteiger partial charge in [-0.2, -0.15) is 0 Å². The summed E-state index contributed by atoms with van der Waals surface area (Å²) in [5, 5.41) is 12.1. The first-order chi connectivity index (χ1) is 13.8. The molecule has 0 radical (unpaired) electrons. The zero-order valence-electron chi connectivity index (χ0n) is 18.7. The summed E-state index contributed by atoms with van der Waals surface area (Å²) < 4.78 is 0. The van der Waals surface area contributed by atoms with E-state index in [9.17, 15) is 4.79 Å². The maximum absolute atomic E-state index is 10.7. The van der Waals surface area contributed by atoms with Crippen LogP contribution in [0.2, 0.25) is 10.6 Å². The van der Waals surface area contributed by atoms with Crippen LogP contribution in [0.5, 0.6) is 0 Å². The van der Waals surface area contributed by atoms with Crippen LogP contribution in [0.3, 0.4) is 0 Å². The molecule has 2 aromatic rings. The lowest BCUT2D eigenvalue weighted by atomic mass is 10.1. The monoisotopic (exact) mass is 410 g/mol. The summed E-state index contributed by atoms with van der Waals surface area (Å²) in [7, 11) is -2.06. The summed E-state index contributed by atoms with van der Waals surface area (Å²) in [6, 6.07) is 22.5. The van der Waals surface area contributed by atoms with E-state index in [1.165, 1.54) is 29.6 Å². The van der Waals surface area contributed by atoms with Gasteiger partial charge in [-0.25, -0.2) is 0 Å². The lowest BCUT2D eigenvalue weighted by Crippen LogP contribution is -2.67. The van der Waals surface area contributed by atoms with Crippen molar-refractivity contribution in [2.75, 3.05) is 0 Å². The Kier molecular flexibility index (Phi) is 8.70. The third-order valence-corrected chi connectivity index (χ3v) is 13.2. The van der Waals surface area contributed by atoms with Crippen LogP contribution >= 0.6 is 0 Å². The molecule has 3 heteroatoms. The normalized spacial score (nSPS) is 13.2. The van der Waals surface area contributed by atoms with E-state index < -0.39 is 14.0 Å². The molecule has 0 saturated carbocycles. The van der Waals surface area contributed by atoms with E-state index >= 15 is 0 Å². The van der Waals surface area contributed by atoms with Crippen molar-refractivity contribution in [3.8, 4) is 0 Å². The lowest BCUT2D eigenvalue weighted by molar-refractivity contribution is -0.137. The van der Waals surface area contributed by atoms with Crippen LogP contribution in [0.15, 0.2) is 60.7 Å². The van der Waals surface area contributed by atoms with Gasteiger partial charge in [-0.1, -0.05) is 131 Å². The number of carbonyl (C=O) groups is 1. The third-order valence-electron chi connectivity index (χ3n) is 6.44. The minimum Gasteiger partial charge on any atom is -0.481 e. The van der Waals surface area contributed by atoms with Gasteiger partial charge < -0.3 is 5.11 Å². The van der Waals surface area contributed by atoms with Gasteiger partial charge in [0.2, 0.25) is 0 Å². The molecular formula is C26H38O2Si. The fourth-order valence-corrected chi connectivity index (χ4v) is 12.2. The molecule has 0 bridgehead atoms. The first-order valence-corrected chi connectivity index (χ1v) is 13.2. The maximum atomic E-state index is 10.7. The number of carboxylic acids is 1. The molecule has 1 atom stereocenters. The van der Waals surface area contributed by atoms with E-state index in [1.807, 2.05) is 0 Å². The molecule has 0 aromatic heterocycles. The van der Waals surface area contributed by atoms with E-state index in [2.05, 4.69) is 88.4 Å². The van der Waals surface area contributed by atoms with E-state index in [4.69, 9.17) is 5.11 Å². The summed E-state index contributed by atoms with van der Waals surface area (Å²) >= 11 is 0. The second kappa shape index (κ2) is 10.8. The van der Waals surface area contributed by atoms with Crippen molar-refractivity contribution in [2.24, 2.45) is 0 Å². The largest absolute Gasteiger partial charge is 0.481 e. The van der Waals surface area contributed by atoms with Crippen LogP contribution in [0, 0.1) is 0 Å². The molecule has 158 valence electrons. The number of unbranched alkanes of at least 4 members (excludes halogenated alkanes) is 3. The number of hydrogen-bond donors (Lipinski definition) is 1. The highest BCUT2D eigenvalue weighted by Crippen LogP contribution is 2.46. The van der Waals surface area contributed by atoms with Crippen molar-refractivity contribution in [2.45, 2.75) is 83.2 Å². The Morgan fingerprint density at radius 2 is 1.34 bits per heavy atom. The van der Waals surface area contributed by atoms with Crippen molar-refractivity contribution in [3.05, 3.63) is 60.7 Å². The van der Waals surface area contributed by atoms with Gasteiger partial charge in [0.1, 0.15) is 8.07 Å². The van der Waals surface area contributed by atoms with Gasteiger partial charge in [-0.05, 0) is 17.0 Å². The van der Waals surface area contributed by atoms with Crippen molar-refractivity contribution in [1.82, 2.24) is 0 Å². The quantitative estimate of drug-likeness (QED) is 0.351. The number of carboxylic acid groups (broad SMARTS) is 1. The molecule has 0 saturated heterocycles. The Hall–Kier alpha value is -1.87. The van der Waals surface area contributed by atoms with Crippen LogP contribution in [0.4, 0.5) is 0 Å². The van der Waals surface area contributed by atoms with Crippen molar-refractivity contribution < 1.29 is 9.90 Å². The van der Waals surface area contributed by atoms with Crippen LogP contribution < -0.4 is 10.4 Å². The topological polar surface area (TPSA) is 37.3 Å². The van der Waals surface area contributed by atoms with E-state index in [0.29, 0.717) is 12.0 Å². The standard InChI is InChI=1S/C26H38O2Si/c1-5-22(16-10-6-7-15-21-25(27)28)29(26(2,3)4,23-17-11-8-12-18-23)24-19-13-9-14-20-24/h8-9,11-14,17-20,22H,5-7,10,15-16,21H2,1-4H3,(H,27,28). The van der Waals surface area contributed by atoms with E-state index in [-0.39, 0.29) is 5.04 Å². The first-order valence-electron chi connectivity index (χ1n) is 11.2. The SMILES string of the molecule is CCC(CCCCCCC(=O)O)[Si](c1ccccc1)(c1ccccc1)C(C)(C)C. The van der Waals surface area contributed by atoms with Gasteiger partial charge in [0.15, 0.2) is 0 Å². The van der Waals surface area contributed by atoms with Gasteiger partial charge in [0, 0.05) is 6.42 Å². The molecule has 0 aliphatic rings. The average Bonchev–Trinajstić information content (AvgIpc) is 2.70. The molecule has 0 aliphatic carbocycles. The van der Waals surface area contributed by atoms with Gasteiger partial charge in [0.05, 0.1) is 0 Å². The van der Waals surface area contributed by atoms with Crippen LogP contribution in [0.25, 0.3) is 0 Å². The van der Waals surface area contributed by atoms with E-state index in [0.717, 1.165) is 19.3 Å². The predicted molar refractivity (Wildman–Crippen MR) is 127 cm³/mol. The predicted octanol–water partition coefficient (Wildman–Crippen LogP) is 6.26. The van der Waals surface area contributed by atoms with Crippen LogP contribution in [0.1, 0.15) is 72.6 Å². The highest BCUT2D eigenvalue weighted by molar-refractivity contribution is 7.05. The molecule has 0 heterocycles. The Morgan fingerprint density at radius 3 is 1.76 bits per heavy atom. The van der Waals surface area contributed by atoms with Gasteiger partial charge >= 0.3 is 5.97 Å². The van der Waals surface area contributed by atoms with Crippen molar-refractivity contribution >= 4 is 24.4 Å². The molecule has 1 N–H and O–H groups in total. The number of rotatable bonds is 11. The molecule has 1 unspecified atom stereocenters. The lowest BCUT2D eigenvalue weighted by Gasteiger charge is -2.49. The summed E-state index contributed by atoms with van der Waals surface area (Å²) in [5.74, 6) is -0.677. The van der Waals surface area contributed by atoms with Crippen LogP contribution in [-0.4, -0.2) is 19.1 Å². The maximum Gasteiger partial charge on any atom is 0.303 e. The second-order valence-electron chi connectivity index (χ2n) is 9.24. The van der Waals surface area contributed by atoms with Gasteiger partial charge in [0.25, 0.3) is 0 Å². The van der Waals surface area contributed by atoms with Gasteiger partial charge in [-0.15, -0.1) is 0 Å². The van der Waals surface area contributed by atoms with Crippen molar-refractivity contribution in [3.63, 3.8) is 0 Å². The molecule has 0 amide bonds. The zero-order chi connectivity index (χ0) is 21.3. The van der Waals surface area contributed by atoms with E-state index in [1.54, 1.807) is 0 Å². The Balaban J connectivity index is 2.36. The zero-order valence-corrected chi connectivity index (χ0v) is 19.7.